The van der Waals surface area contributed by atoms with E-state index in [0.717, 1.165) is 24.2 Å². The molecule has 0 saturated carbocycles. The Labute approximate surface area is 78.0 Å². The first-order valence-corrected chi connectivity index (χ1v) is 4.60. The van der Waals surface area contributed by atoms with Crippen molar-refractivity contribution < 1.29 is 4.39 Å². The molecule has 1 aliphatic rings. The van der Waals surface area contributed by atoms with E-state index in [0.29, 0.717) is 0 Å². The smallest absolute Gasteiger partial charge is 0.128 e. The third-order valence-electron chi connectivity index (χ3n) is 2.53. The van der Waals surface area contributed by atoms with Gasteiger partial charge in [0.25, 0.3) is 0 Å². The Bertz CT molecular complexity index is 331. The van der Waals surface area contributed by atoms with Gasteiger partial charge in [-0.15, -0.1) is 0 Å². The first-order valence-electron chi connectivity index (χ1n) is 4.60. The van der Waals surface area contributed by atoms with Gasteiger partial charge in [-0.05, 0) is 24.0 Å². The van der Waals surface area contributed by atoms with Crippen LogP contribution < -0.4 is 5.32 Å². The number of rotatable bonds is 0. The minimum atomic E-state index is -0.0854. The van der Waals surface area contributed by atoms with Crippen molar-refractivity contribution in [3.8, 4) is 0 Å². The fourth-order valence-electron chi connectivity index (χ4n) is 1.78. The van der Waals surface area contributed by atoms with Crippen LogP contribution in [0.3, 0.4) is 0 Å². The lowest BCUT2D eigenvalue weighted by atomic mass is 9.82. The van der Waals surface area contributed by atoms with Crippen LogP contribution >= 0.6 is 0 Å². The van der Waals surface area contributed by atoms with Crippen LogP contribution in [0.25, 0.3) is 0 Å². The van der Waals surface area contributed by atoms with Gasteiger partial charge in [-0.3, -0.25) is 0 Å². The fraction of sp³-hybridized carbons (Fsp3) is 0.455. The average Bonchev–Trinajstić information content (AvgIpc) is 2.06. The molecule has 0 unspecified atom stereocenters. The Kier molecular flexibility index (Phi) is 1.79. The molecule has 0 atom stereocenters. The number of nitrogens with one attached hydrogen (secondary N) is 1. The second kappa shape index (κ2) is 2.72. The maximum atomic E-state index is 13.4. The predicted octanol–water partition coefficient (Wildman–Crippen LogP) is 2.82. The summed E-state index contributed by atoms with van der Waals surface area (Å²) in [6.45, 7) is 5.22. The molecule has 13 heavy (non-hydrogen) atoms. The summed E-state index contributed by atoms with van der Waals surface area (Å²) in [6, 6.07) is 5.22. The van der Waals surface area contributed by atoms with Gasteiger partial charge < -0.3 is 5.32 Å². The lowest BCUT2D eigenvalue weighted by Gasteiger charge is -2.32. The molecule has 0 amide bonds. The molecule has 0 radical (unpaired) electrons. The van der Waals surface area contributed by atoms with Crippen LogP contribution in [0.2, 0.25) is 0 Å². The van der Waals surface area contributed by atoms with Gasteiger partial charge in [0, 0.05) is 17.8 Å². The van der Waals surface area contributed by atoms with Gasteiger partial charge in [-0.2, -0.15) is 0 Å². The molecule has 1 N–H and O–H groups in total. The highest BCUT2D eigenvalue weighted by Crippen LogP contribution is 2.33. The highest BCUT2D eigenvalue weighted by atomic mass is 19.1. The van der Waals surface area contributed by atoms with E-state index in [-0.39, 0.29) is 11.2 Å². The van der Waals surface area contributed by atoms with Crippen molar-refractivity contribution in [1.29, 1.82) is 0 Å². The maximum absolute atomic E-state index is 13.4. The number of fused-ring (bicyclic) bond motifs is 1. The van der Waals surface area contributed by atoms with Crippen molar-refractivity contribution in [2.75, 3.05) is 11.9 Å². The molecule has 1 aromatic rings. The Hall–Kier alpha value is -1.05. The summed E-state index contributed by atoms with van der Waals surface area (Å²) in [6.07, 6.45) is 0.821. The molecule has 0 saturated heterocycles. The van der Waals surface area contributed by atoms with E-state index in [4.69, 9.17) is 0 Å². The van der Waals surface area contributed by atoms with Crippen molar-refractivity contribution in [1.82, 2.24) is 0 Å². The molecule has 1 aromatic carbocycles. The van der Waals surface area contributed by atoms with Crippen LogP contribution in [-0.2, 0) is 6.42 Å². The number of benzene rings is 1. The molecular weight excluding hydrogens is 165 g/mol. The Balaban J connectivity index is 2.44. The zero-order chi connectivity index (χ0) is 9.47. The standard InChI is InChI=1S/C11H14FN/c1-11(2)6-8-9(12)4-3-5-10(8)13-7-11/h3-5,13H,6-7H2,1-2H3. The zero-order valence-corrected chi connectivity index (χ0v) is 8.02. The zero-order valence-electron chi connectivity index (χ0n) is 8.02. The van der Waals surface area contributed by atoms with Gasteiger partial charge >= 0.3 is 0 Å². The van der Waals surface area contributed by atoms with Crippen molar-refractivity contribution in [2.24, 2.45) is 5.41 Å². The van der Waals surface area contributed by atoms with Crippen LogP contribution in [0.5, 0.6) is 0 Å². The molecule has 2 heteroatoms. The maximum Gasteiger partial charge on any atom is 0.128 e. The van der Waals surface area contributed by atoms with Crippen LogP contribution in [0, 0.1) is 11.2 Å². The summed E-state index contributed by atoms with van der Waals surface area (Å²) in [5, 5.41) is 3.25. The second-order valence-corrected chi connectivity index (χ2v) is 4.46. The Morgan fingerprint density at radius 1 is 1.38 bits per heavy atom. The van der Waals surface area contributed by atoms with Crippen molar-refractivity contribution in [2.45, 2.75) is 20.3 Å². The summed E-state index contributed by atoms with van der Waals surface area (Å²) in [4.78, 5) is 0. The molecule has 0 spiro atoms. The highest BCUT2D eigenvalue weighted by Gasteiger charge is 2.26. The molecule has 0 aromatic heterocycles. The third-order valence-corrected chi connectivity index (χ3v) is 2.53. The lowest BCUT2D eigenvalue weighted by molar-refractivity contribution is 0.371. The monoisotopic (exact) mass is 179 g/mol. The summed E-state index contributed by atoms with van der Waals surface area (Å²) in [5.74, 6) is -0.0854. The van der Waals surface area contributed by atoms with E-state index >= 15 is 0 Å². The molecule has 1 aliphatic heterocycles. The molecule has 1 nitrogen and oxygen atoms in total. The number of halogens is 1. The van der Waals surface area contributed by atoms with Gasteiger partial charge in [0.05, 0.1) is 0 Å². The lowest BCUT2D eigenvalue weighted by Crippen LogP contribution is -2.31. The molecular formula is C11H14FN. The van der Waals surface area contributed by atoms with Crippen LogP contribution in [0.4, 0.5) is 10.1 Å². The van der Waals surface area contributed by atoms with Crippen molar-refractivity contribution in [3.63, 3.8) is 0 Å². The van der Waals surface area contributed by atoms with E-state index in [1.807, 2.05) is 6.07 Å². The molecule has 70 valence electrons. The van der Waals surface area contributed by atoms with Gasteiger partial charge in [0.15, 0.2) is 0 Å². The second-order valence-electron chi connectivity index (χ2n) is 4.46. The number of anilines is 1. The van der Waals surface area contributed by atoms with Crippen LogP contribution in [-0.4, -0.2) is 6.54 Å². The van der Waals surface area contributed by atoms with Gasteiger partial charge in [0.2, 0.25) is 0 Å². The molecule has 0 aliphatic carbocycles. The van der Waals surface area contributed by atoms with E-state index < -0.39 is 0 Å². The van der Waals surface area contributed by atoms with Gasteiger partial charge in [-0.25, -0.2) is 4.39 Å². The fourth-order valence-corrected chi connectivity index (χ4v) is 1.78. The molecule has 2 rings (SSSR count). The van der Waals surface area contributed by atoms with Gasteiger partial charge in [-0.1, -0.05) is 19.9 Å². The summed E-state index contributed by atoms with van der Waals surface area (Å²) >= 11 is 0. The van der Waals surface area contributed by atoms with Crippen LogP contribution in [0.15, 0.2) is 18.2 Å². The van der Waals surface area contributed by atoms with Crippen molar-refractivity contribution >= 4 is 5.69 Å². The normalized spacial score (nSPS) is 19.0. The van der Waals surface area contributed by atoms with Crippen LogP contribution in [0.1, 0.15) is 19.4 Å². The Morgan fingerprint density at radius 3 is 2.92 bits per heavy atom. The SMILES string of the molecule is CC1(C)CNc2cccc(F)c2C1. The average molecular weight is 179 g/mol. The number of hydrogen-bond acceptors (Lipinski definition) is 1. The summed E-state index contributed by atoms with van der Waals surface area (Å²) in [7, 11) is 0. The van der Waals surface area contributed by atoms with Gasteiger partial charge in [0.1, 0.15) is 5.82 Å². The first-order chi connectivity index (χ1) is 6.08. The molecule has 0 bridgehead atoms. The molecule has 1 heterocycles. The largest absolute Gasteiger partial charge is 0.384 e. The quantitative estimate of drug-likeness (QED) is 0.645. The summed E-state index contributed by atoms with van der Waals surface area (Å²) in [5.41, 5.74) is 1.95. The first kappa shape index (κ1) is 8.54. The van der Waals surface area contributed by atoms with E-state index in [1.165, 1.54) is 6.07 Å². The molecule has 0 fully saturated rings. The van der Waals surface area contributed by atoms with E-state index in [1.54, 1.807) is 6.07 Å². The minimum absolute atomic E-state index is 0.0854. The van der Waals surface area contributed by atoms with E-state index in [2.05, 4.69) is 19.2 Å². The van der Waals surface area contributed by atoms with Crippen molar-refractivity contribution in [3.05, 3.63) is 29.6 Å². The minimum Gasteiger partial charge on any atom is -0.384 e. The number of hydrogen-bond donors (Lipinski definition) is 1. The Morgan fingerprint density at radius 2 is 2.15 bits per heavy atom. The van der Waals surface area contributed by atoms with E-state index in [9.17, 15) is 4.39 Å². The predicted molar refractivity (Wildman–Crippen MR) is 52.4 cm³/mol. The summed E-state index contributed by atoms with van der Waals surface area (Å²) < 4.78 is 13.4. The highest BCUT2D eigenvalue weighted by molar-refractivity contribution is 5.54. The topological polar surface area (TPSA) is 12.0 Å². The third kappa shape index (κ3) is 1.53.